The minimum atomic E-state index is -1.60. The molecule has 0 aromatic heterocycles. The van der Waals surface area contributed by atoms with Crippen LogP contribution in [-0.2, 0) is 4.74 Å². The second-order valence-corrected chi connectivity index (χ2v) is 6.10. The summed E-state index contributed by atoms with van der Waals surface area (Å²) in [4.78, 5) is 15.5. The van der Waals surface area contributed by atoms with Gasteiger partial charge < -0.3 is 19.8 Å². The van der Waals surface area contributed by atoms with E-state index in [1.165, 1.54) is 4.90 Å². The summed E-state index contributed by atoms with van der Waals surface area (Å²) in [6, 6.07) is 0. The molecule has 0 spiro atoms. The van der Waals surface area contributed by atoms with Crippen LogP contribution in [0.4, 0.5) is 4.79 Å². The van der Waals surface area contributed by atoms with E-state index in [0.29, 0.717) is 19.6 Å². The molecular weight excluding hydrogens is 236 g/mol. The first kappa shape index (κ1) is 15.2. The number of likely N-dealkylation sites (N-methyl/N-ethyl adjacent to an activating group) is 1. The van der Waals surface area contributed by atoms with Gasteiger partial charge in [-0.1, -0.05) is 0 Å². The highest BCUT2D eigenvalue weighted by atomic mass is 16.6. The first-order chi connectivity index (χ1) is 8.06. The highest BCUT2D eigenvalue weighted by Crippen LogP contribution is 2.25. The number of hydrogen-bond donors (Lipinski definition) is 2. The Labute approximate surface area is 108 Å². The van der Waals surface area contributed by atoms with Gasteiger partial charge in [-0.15, -0.1) is 0 Å². The lowest BCUT2D eigenvalue weighted by Crippen LogP contribution is -2.67. The van der Waals surface area contributed by atoms with Gasteiger partial charge in [0.2, 0.25) is 0 Å². The normalized spacial score (nSPS) is 26.6. The third kappa shape index (κ3) is 3.34. The standard InChI is InChI=1S/C12H24N2O4/c1-11(2,3)18-10(17)14-7-6-13(5)8-12(14,4)9(15)16/h9,15-16H,6-8H2,1-5H3. The molecule has 1 atom stereocenters. The Morgan fingerprint density at radius 3 is 2.33 bits per heavy atom. The van der Waals surface area contributed by atoms with E-state index in [9.17, 15) is 15.0 Å². The van der Waals surface area contributed by atoms with Crippen LogP contribution in [0.1, 0.15) is 27.7 Å². The van der Waals surface area contributed by atoms with Gasteiger partial charge in [-0.25, -0.2) is 4.79 Å². The van der Waals surface area contributed by atoms with Crippen LogP contribution >= 0.6 is 0 Å². The van der Waals surface area contributed by atoms with Gasteiger partial charge in [0.15, 0.2) is 6.29 Å². The maximum absolute atomic E-state index is 12.1. The number of carbonyl (C=O) groups is 1. The van der Waals surface area contributed by atoms with Crippen molar-refractivity contribution in [3.8, 4) is 0 Å². The van der Waals surface area contributed by atoms with Gasteiger partial charge in [-0.05, 0) is 34.7 Å². The van der Waals surface area contributed by atoms with E-state index in [1.807, 2.05) is 11.9 Å². The molecule has 1 heterocycles. The first-order valence-electron chi connectivity index (χ1n) is 6.11. The summed E-state index contributed by atoms with van der Waals surface area (Å²) >= 11 is 0. The highest BCUT2D eigenvalue weighted by Gasteiger charge is 2.46. The van der Waals surface area contributed by atoms with E-state index in [0.717, 1.165) is 0 Å². The summed E-state index contributed by atoms with van der Waals surface area (Å²) in [5.74, 6) is 0. The average molecular weight is 260 g/mol. The summed E-state index contributed by atoms with van der Waals surface area (Å²) in [5, 5.41) is 19.1. The zero-order valence-electron chi connectivity index (χ0n) is 11.8. The van der Waals surface area contributed by atoms with Gasteiger partial charge in [-0.3, -0.25) is 4.90 Å². The van der Waals surface area contributed by atoms with Crippen LogP contribution in [0.2, 0.25) is 0 Å². The molecule has 0 saturated carbocycles. The molecule has 1 unspecified atom stereocenters. The van der Waals surface area contributed by atoms with Crippen LogP contribution in [0.15, 0.2) is 0 Å². The molecular formula is C12H24N2O4. The molecule has 106 valence electrons. The Morgan fingerprint density at radius 2 is 1.89 bits per heavy atom. The van der Waals surface area contributed by atoms with E-state index in [2.05, 4.69) is 0 Å². The third-order valence-corrected chi connectivity index (χ3v) is 3.08. The molecule has 0 aromatic carbocycles. The SMILES string of the molecule is CN1CCN(C(=O)OC(C)(C)C)C(C)(C(O)O)C1. The average Bonchev–Trinajstić information content (AvgIpc) is 2.13. The van der Waals surface area contributed by atoms with Crippen LogP contribution < -0.4 is 0 Å². The fourth-order valence-electron chi connectivity index (χ4n) is 2.07. The number of ether oxygens (including phenoxy) is 1. The minimum absolute atomic E-state index is 0.393. The highest BCUT2D eigenvalue weighted by molar-refractivity contribution is 5.69. The van der Waals surface area contributed by atoms with Crippen molar-refractivity contribution in [3.63, 3.8) is 0 Å². The number of rotatable bonds is 1. The summed E-state index contributed by atoms with van der Waals surface area (Å²) in [6.45, 7) is 8.50. The molecule has 1 rings (SSSR count). The fraction of sp³-hybridized carbons (Fsp3) is 0.917. The van der Waals surface area contributed by atoms with Crippen LogP contribution in [0.5, 0.6) is 0 Å². The molecule has 0 aliphatic carbocycles. The maximum Gasteiger partial charge on any atom is 0.411 e. The summed E-state index contributed by atoms with van der Waals surface area (Å²) in [6.07, 6.45) is -2.11. The lowest BCUT2D eigenvalue weighted by Gasteiger charge is -2.48. The smallest absolute Gasteiger partial charge is 0.411 e. The van der Waals surface area contributed by atoms with E-state index in [4.69, 9.17) is 4.74 Å². The molecule has 18 heavy (non-hydrogen) atoms. The molecule has 0 bridgehead atoms. The number of aliphatic hydroxyl groups excluding tert-OH is 1. The van der Waals surface area contributed by atoms with Crippen molar-refractivity contribution < 1.29 is 19.7 Å². The van der Waals surface area contributed by atoms with Crippen molar-refractivity contribution in [2.24, 2.45) is 0 Å². The van der Waals surface area contributed by atoms with Crippen LogP contribution in [0.25, 0.3) is 0 Å². The van der Waals surface area contributed by atoms with Gasteiger partial charge in [0.25, 0.3) is 0 Å². The zero-order valence-corrected chi connectivity index (χ0v) is 11.8. The molecule has 0 aromatic rings. The van der Waals surface area contributed by atoms with Crippen molar-refractivity contribution in [2.75, 3.05) is 26.7 Å². The van der Waals surface area contributed by atoms with Gasteiger partial charge >= 0.3 is 6.09 Å². The lowest BCUT2D eigenvalue weighted by molar-refractivity contribution is -0.161. The van der Waals surface area contributed by atoms with E-state index in [-0.39, 0.29) is 0 Å². The van der Waals surface area contributed by atoms with Gasteiger partial charge in [0.05, 0.1) is 0 Å². The lowest BCUT2D eigenvalue weighted by atomic mass is 9.96. The van der Waals surface area contributed by atoms with Crippen molar-refractivity contribution in [1.29, 1.82) is 0 Å². The third-order valence-electron chi connectivity index (χ3n) is 3.08. The fourth-order valence-corrected chi connectivity index (χ4v) is 2.07. The Hall–Kier alpha value is -0.850. The van der Waals surface area contributed by atoms with Gasteiger partial charge in [0.1, 0.15) is 11.1 Å². The molecule has 6 nitrogen and oxygen atoms in total. The van der Waals surface area contributed by atoms with Crippen molar-refractivity contribution in [3.05, 3.63) is 0 Å². The first-order valence-corrected chi connectivity index (χ1v) is 6.11. The largest absolute Gasteiger partial charge is 0.444 e. The number of amides is 1. The second kappa shape index (κ2) is 5.03. The predicted octanol–water partition coefficient (Wildman–Crippen LogP) is 0.238. The van der Waals surface area contributed by atoms with E-state index < -0.39 is 23.5 Å². The molecule has 6 heteroatoms. The summed E-state index contributed by atoms with van der Waals surface area (Å²) in [7, 11) is 1.88. The Bertz CT molecular complexity index is 314. The number of piperazine rings is 1. The van der Waals surface area contributed by atoms with Crippen molar-refractivity contribution in [2.45, 2.75) is 45.1 Å². The molecule has 1 fully saturated rings. The van der Waals surface area contributed by atoms with Crippen molar-refractivity contribution in [1.82, 2.24) is 9.80 Å². The second-order valence-electron chi connectivity index (χ2n) is 6.10. The number of carbonyl (C=O) groups excluding carboxylic acids is 1. The van der Waals surface area contributed by atoms with Gasteiger partial charge in [0, 0.05) is 19.6 Å². The van der Waals surface area contributed by atoms with Crippen LogP contribution in [-0.4, -0.2) is 70.2 Å². The van der Waals surface area contributed by atoms with E-state index in [1.54, 1.807) is 27.7 Å². The quantitative estimate of drug-likeness (QED) is 0.661. The van der Waals surface area contributed by atoms with Crippen LogP contribution in [0.3, 0.4) is 0 Å². The number of nitrogens with zero attached hydrogens (tertiary/aromatic N) is 2. The Balaban J connectivity index is 2.88. The summed E-state index contributed by atoms with van der Waals surface area (Å²) < 4.78 is 5.30. The Morgan fingerprint density at radius 1 is 1.33 bits per heavy atom. The maximum atomic E-state index is 12.1. The van der Waals surface area contributed by atoms with Crippen molar-refractivity contribution >= 4 is 6.09 Å². The molecule has 1 aliphatic heterocycles. The monoisotopic (exact) mass is 260 g/mol. The topological polar surface area (TPSA) is 73.2 Å². The number of aliphatic hydroxyl groups is 2. The van der Waals surface area contributed by atoms with Crippen LogP contribution in [0, 0.1) is 0 Å². The summed E-state index contributed by atoms with van der Waals surface area (Å²) in [5.41, 5.74) is -1.64. The predicted molar refractivity (Wildman–Crippen MR) is 67.1 cm³/mol. The molecule has 1 aliphatic rings. The number of hydrogen-bond acceptors (Lipinski definition) is 5. The van der Waals surface area contributed by atoms with E-state index >= 15 is 0 Å². The zero-order chi connectivity index (χ0) is 14.1. The molecule has 0 radical (unpaired) electrons. The molecule has 1 amide bonds. The minimum Gasteiger partial charge on any atom is -0.444 e. The Kier molecular flexibility index (Phi) is 4.25. The van der Waals surface area contributed by atoms with Gasteiger partial charge in [-0.2, -0.15) is 0 Å². The molecule has 1 saturated heterocycles. The molecule has 2 N–H and O–H groups in total.